The topological polar surface area (TPSA) is 72.5 Å². The molecule has 2 amide bonds. The van der Waals surface area contributed by atoms with Crippen LogP contribution in [0.2, 0.25) is 0 Å². The fraction of sp³-hybridized carbons (Fsp3) is 0.200. The molecule has 0 aliphatic heterocycles. The summed E-state index contributed by atoms with van der Waals surface area (Å²) in [5, 5.41) is 5.50. The van der Waals surface area contributed by atoms with Crippen molar-refractivity contribution in [3.8, 4) is 11.5 Å². The molecule has 0 bridgehead atoms. The number of anilines is 1. The number of nitrogens with one attached hydrogen (secondary N) is 2. The summed E-state index contributed by atoms with van der Waals surface area (Å²) in [4.78, 5) is 15.8. The van der Waals surface area contributed by atoms with Gasteiger partial charge < -0.3 is 20.1 Å². The van der Waals surface area contributed by atoms with Crippen LogP contribution >= 0.6 is 0 Å². The Balaban J connectivity index is 1.96. The maximum Gasteiger partial charge on any atom is 0.319 e. The number of benzene rings is 1. The summed E-state index contributed by atoms with van der Waals surface area (Å²) in [6.45, 7) is 0.426. The number of methoxy groups -OCH3 is 2. The van der Waals surface area contributed by atoms with Crippen molar-refractivity contribution in [2.45, 2.75) is 6.54 Å². The van der Waals surface area contributed by atoms with Gasteiger partial charge in [-0.15, -0.1) is 0 Å². The van der Waals surface area contributed by atoms with Crippen molar-refractivity contribution in [2.75, 3.05) is 19.5 Å². The van der Waals surface area contributed by atoms with Gasteiger partial charge in [-0.3, -0.25) is 4.98 Å². The summed E-state index contributed by atoms with van der Waals surface area (Å²) in [6.07, 6.45) is 3.36. The van der Waals surface area contributed by atoms with Gasteiger partial charge in [0, 0.05) is 42.8 Å². The summed E-state index contributed by atoms with van der Waals surface area (Å²) < 4.78 is 10.3. The summed E-state index contributed by atoms with van der Waals surface area (Å²) >= 11 is 0. The van der Waals surface area contributed by atoms with E-state index in [0.717, 1.165) is 5.56 Å². The number of rotatable bonds is 5. The zero-order valence-corrected chi connectivity index (χ0v) is 11.9. The second-order valence-corrected chi connectivity index (χ2v) is 4.26. The van der Waals surface area contributed by atoms with E-state index in [4.69, 9.17) is 9.47 Å². The normalized spacial score (nSPS) is 9.81. The lowest BCUT2D eigenvalue weighted by Crippen LogP contribution is -2.28. The minimum absolute atomic E-state index is 0.304. The first-order valence-electron chi connectivity index (χ1n) is 6.38. The number of hydrogen-bond donors (Lipinski definition) is 2. The summed E-state index contributed by atoms with van der Waals surface area (Å²) in [5.74, 6) is 1.22. The van der Waals surface area contributed by atoms with E-state index in [9.17, 15) is 4.79 Å². The van der Waals surface area contributed by atoms with Crippen LogP contribution in [-0.2, 0) is 6.54 Å². The second-order valence-electron chi connectivity index (χ2n) is 4.26. The maximum absolute atomic E-state index is 11.9. The third kappa shape index (κ3) is 4.38. The molecule has 110 valence electrons. The lowest BCUT2D eigenvalue weighted by molar-refractivity contribution is 0.251. The van der Waals surface area contributed by atoms with Gasteiger partial charge >= 0.3 is 6.03 Å². The molecule has 0 saturated carbocycles. The van der Waals surface area contributed by atoms with Crippen molar-refractivity contribution in [3.05, 3.63) is 48.3 Å². The van der Waals surface area contributed by atoms with E-state index in [1.54, 1.807) is 44.8 Å². The number of hydrogen-bond acceptors (Lipinski definition) is 4. The Bertz CT molecular complexity index is 580. The van der Waals surface area contributed by atoms with Crippen LogP contribution in [0.3, 0.4) is 0 Å². The molecule has 1 aromatic carbocycles. The average Bonchev–Trinajstić information content (AvgIpc) is 2.53. The van der Waals surface area contributed by atoms with E-state index in [-0.39, 0.29) is 6.03 Å². The van der Waals surface area contributed by atoms with Crippen LogP contribution in [0.1, 0.15) is 5.56 Å². The van der Waals surface area contributed by atoms with Crippen LogP contribution in [0.5, 0.6) is 11.5 Å². The zero-order chi connectivity index (χ0) is 15.1. The van der Waals surface area contributed by atoms with Crippen molar-refractivity contribution in [1.82, 2.24) is 10.3 Å². The van der Waals surface area contributed by atoms with E-state index in [1.807, 2.05) is 12.1 Å². The Kier molecular flexibility index (Phi) is 4.98. The van der Waals surface area contributed by atoms with Gasteiger partial charge in [-0.25, -0.2) is 4.79 Å². The van der Waals surface area contributed by atoms with Gasteiger partial charge in [0.15, 0.2) is 0 Å². The van der Waals surface area contributed by atoms with E-state index >= 15 is 0 Å². The summed E-state index contributed by atoms with van der Waals surface area (Å²) in [6, 6.07) is 8.55. The second kappa shape index (κ2) is 7.14. The number of amides is 2. The molecule has 21 heavy (non-hydrogen) atoms. The third-order valence-corrected chi connectivity index (χ3v) is 2.81. The lowest BCUT2D eigenvalue weighted by Gasteiger charge is -2.10. The first kappa shape index (κ1) is 14.6. The van der Waals surface area contributed by atoms with Crippen LogP contribution in [-0.4, -0.2) is 25.2 Å². The molecular weight excluding hydrogens is 270 g/mol. The van der Waals surface area contributed by atoms with Crippen molar-refractivity contribution in [1.29, 1.82) is 0 Å². The number of aromatic nitrogens is 1. The molecule has 0 aliphatic carbocycles. The molecule has 0 fully saturated rings. The van der Waals surface area contributed by atoms with Gasteiger partial charge in [0.05, 0.1) is 14.2 Å². The minimum Gasteiger partial charge on any atom is -0.497 e. The maximum atomic E-state index is 11.9. The first-order valence-corrected chi connectivity index (χ1v) is 6.38. The van der Waals surface area contributed by atoms with Crippen molar-refractivity contribution in [3.63, 3.8) is 0 Å². The molecule has 1 aromatic heterocycles. The Hall–Kier alpha value is -2.76. The highest BCUT2D eigenvalue weighted by Gasteiger charge is 2.05. The lowest BCUT2D eigenvalue weighted by atomic mass is 10.2. The molecule has 0 radical (unpaired) electrons. The monoisotopic (exact) mass is 287 g/mol. The van der Waals surface area contributed by atoms with Crippen molar-refractivity contribution < 1.29 is 14.3 Å². The molecule has 2 N–H and O–H groups in total. The highest BCUT2D eigenvalue weighted by atomic mass is 16.5. The highest BCUT2D eigenvalue weighted by molar-refractivity contribution is 5.89. The number of nitrogens with zero attached hydrogens (tertiary/aromatic N) is 1. The molecule has 1 heterocycles. The van der Waals surface area contributed by atoms with Crippen LogP contribution in [0, 0.1) is 0 Å². The van der Waals surface area contributed by atoms with Crippen molar-refractivity contribution >= 4 is 11.7 Å². The molecule has 6 nitrogen and oxygen atoms in total. The van der Waals surface area contributed by atoms with Crippen LogP contribution < -0.4 is 20.1 Å². The first-order chi connectivity index (χ1) is 10.2. The van der Waals surface area contributed by atoms with Gasteiger partial charge in [-0.05, 0) is 17.7 Å². The molecule has 0 saturated heterocycles. The van der Waals surface area contributed by atoms with Crippen LogP contribution in [0.15, 0.2) is 42.7 Å². The minimum atomic E-state index is -0.304. The molecule has 0 unspecified atom stereocenters. The van der Waals surface area contributed by atoms with E-state index in [1.165, 1.54) is 0 Å². The highest BCUT2D eigenvalue weighted by Crippen LogP contribution is 2.25. The average molecular weight is 287 g/mol. The number of urea groups is 1. The van der Waals surface area contributed by atoms with Crippen LogP contribution in [0.25, 0.3) is 0 Å². The Morgan fingerprint density at radius 3 is 2.29 bits per heavy atom. The predicted octanol–water partition coefficient (Wildman–Crippen LogP) is 2.42. The van der Waals surface area contributed by atoms with E-state index in [0.29, 0.717) is 23.7 Å². The number of carbonyl (C=O) groups is 1. The van der Waals surface area contributed by atoms with Gasteiger partial charge in [0.2, 0.25) is 0 Å². The third-order valence-electron chi connectivity index (χ3n) is 2.81. The molecular formula is C15H17N3O3. The van der Waals surface area contributed by atoms with Gasteiger partial charge in [-0.2, -0.15) is 0 Å². The molecule has 0 spiro atoms. The number of ether oxygens (including phenoxy) is 2. The molecule has 6 heteroatoms. The zero-order valence-electron chi connectivity index (χ0n) is 11.9. The molecule has 2 rings (SSSR count). The number of pyridine rings is 1. The van der Waals surface area contributed by atoms with Crippen LogP contribution in [0.4, 0.5) is 10.5 Å². The Labute approximate surface area is 123 Å². The fourth-order valence-electron chi connectivity index (χ4n) is 1.74. The molecule has 0 atom stereocenters. The van der Waals surface area contributed by atoms with E-state index < -0.39 is 0 Å². The van der Waals surface area contributed by atoms with Crippen molar-refractivity contribution in [2.24, 2.45) is 0 Å². The SMILES string of the molecule is COc1cc(NC(=O)NCc2ccncc2)cc(OC)c1. The quantitative estimate of drug-likeness (QED) is 0.886. The number of carbonyl (C=O) groups excluding carboxylic acids is 1. The summed E-state index contributed by atoms with van der Waals surface area (Å²) in [5.41, 5.74) is 1.57. The van der Waals surface area contributed by atoms with Gasteiger partial charge in [0.25, 0.3) is 0 Å². The smallest absolute Gasteiger partial charge is 0.319 e. The largest absolute Gasteiger partial charge is 0.497 e. The molecule has 0 aliphatic rings. The molecule has 2 aromatic rings. The Morgan fingerprint density at radius 2 is 1.71 bits per heavy atom. The van der Waals surface area contributed by atoms with Gasteiger partial charge in [-0.1, -0.05) is 0 Å². The van der Waals surface area contributed by atoms with Gasteiger partial charge in [0.1, 0.15) is 11.5 Å². The standard InChI is InChI=1S/C15H17N3O3/c1-20-13-7-12(8-14(9-13)21-2)18-15(19)17-10-11-3-5-16-6-4-11/h3-9H,10H2,1-2H3,(H2,17,18,19). The summed E-state index contributed by atoms with van der Waals surface area (Å²) in [7, 11) is 3.12. The predicted molar refractivity (Wildman–Crippen MR) is 79.6 cm³/mol. The Morgan fingerprint density at radius 1 is 1.10 bits per heavy atom. The fourth-order valence-corrected chi connectivity index (χ4v) is 1.74. The van der Waals surface area contributed by atoms with E-state index in [2.05, 4.69) is 15.6 Å².